The number of rotatable bonds is 7. The second kappa shape index (κ2) is 8.35. The predicted octanol–water partition coefficient (Wildman–Crippen LogP) is 4.74. The minimum atomic E-state index is 0.572. The minimum Gasteiger partial charge on any atom is -0.491 e. The van der Waals surface area contributed by atoms with Gasteiger partial charge < -0.3 is 10.1 Å². The van der Waals surface area contributed by atoms with Crippen LogP contribution in [0.2, 0.25) is 0 Å². The summed E-state index contributed by atoms with van der Waals surface area (Å²) in [5, 5.41) is 7.82. The van der Waals surface area contributed by atoms with Gasteiger partial charge in [-0.3, -0.25) is 0 Å². The Balaban J connectivity index is 1.37. The maximum atomic E-state index is 6.02. The van der Waals surface area contributed by atoms with Gasteiger partial charge >= 0.3 is 0 Å². The third-order valence-electron chi connectivity index (χ3n) is 5.16. The number of anilines is 1. The lowest BCUT2D eigenvalue weighted by Crippen LogP contribution is -2.16. The van der Waals surface area contributed by atoms with Gasteiger partial charge in [0, 0.05) is 17.3 Å². The molecule has 0 atom stereocenters. The van der Waals surface area contributed by atoms with Gasteiger partial charge in [0.25, 0.3) is 0 Å². The second-order valence-corrected chi connectivity index (χ2v) is 7.31. The van der Waals surface area contributed by atoms with Crippen molar-refractivity contribution in [3.8, 4) is 5.75 Å². The third-order valence-corrected chi connectivity index (χ3v) is 5.16. The van der Waals surface area contributed by atoms with Crippen molar-refractivity contribution in [2.45, 2.75) is 27.2 Å². The van der Waals surface area contributed by atoms with Crippen LogP contribution in [0.4, 0.5) is 5.82 Å². The first kappa shape index (κ1) is 19.0. The molecule has 1 N–H and O–H groups in total. The van der Waals surface area contributed by atoms with Crippen molar-refractivity contribution in [2.75, 3.05) is 18.5 Å². The lowest BCUT2D eigenvalue weighted by Gasteiger charge is -2.14. The van der Waals surface area contributed by atoms with Gasteiger partial charge in [-0.1, -0.05) is 42.5 Å². The quantitative estimate of drug-likeness (QED) is 0.466. The van der Waals surface area contributed by atoms with E-state index in [-0.39, 0.29) is 0 Å². The standard InChI is InChI=1S/C24H26N4O/c1-17-15-21(16-20-7-5-4-6-8-20)9-10-22(17)29-14-13-25-24-18(2)19(3)27-23-11-12-26-28(23)24/h4-12,15,25H,13-14,16H2,1-3H3. The zero-order chi connectivity index (χ0) is 20.2. The fraction of sp³-hybridized carbons (Fsp3) is 0.250. The summed E-state index contributed by atoms with van der Waals surface area (Å²) in [7, 11) is 0. The van der Waals surface area contributed by atoms with Gasteiger partial charge in [0.2, 0.25) is 0 Å². The van der Waals surface area contributed by atoms with Gasteiger partial charge in [0.05, 0.1) is 12.7 Å². The average molecular weight is 386 g/mol. The SMILES string of the molecule is Cc1cc(Cc2ccccc2)ccc1OCCNc1c(C)c(C)nc2ccnn12. The molecule has 29 heavy (non-hydrogen) atoms. The molecule has 0 radical (unpaired) electrons. The maximum absolute atomic E-state index is 6.02. The summed E-state index contributed by atoms with van der Waals surface area (Å²) in [6, 6.07) is 18.9. The summed E-state index contributed by atoms with van der Waals surface area (Å²) in [6.07, 6.45) is 2.70. The predicted molar refractivity (Wildman–Crippen MR) is 117 cm³/mol. The normalized spacial score (nSPS) is 11.0. The fourth-order valence-corrected chi connectivity index (χ4v) is 3.49. The summed E-state index contributed by atoms with van der Waals surface area (Å²) in [5.41, 5.74) is 6.72. The average Bonchev–Trinajstić information content (AvgIpc) is 3.18. The summed E-state index contributed by atoms with van der Waals surface area (Å²) < 4.78 is 7.86. The van der Waals surface area contributed by atoms with E-state index < -0.39 is 0 Å². The number of fused-ring (bicyclic) bond motifs is 1. The molecule has 4 aromatic rings. The first-order chi connectivity index (χ1) is 14.1. The van der Waals surface area contributed by atoms with Crippen LogP contribution in [0.15, 0.2) is 60.8 Å². The Hall–Kier alpha value is -3.34. The van der Waals surface area contributed by atoms with Crippen LogP contribution in [0, 0.1) is 20.8 Å². The number of nitrogens with one attached hydrogen (secondary N) is 1. The molecule has 0 amide bonds. The first-order valence-electron chi connectivity index (χ1n) is 9.93. The van der Waals surface area contributed by atoms with Crippen molar-refractivity contribution < 1.29 is 4.74 Å². The molecule has 0 unspecified atom stereocenters. The first-order valence-corrected chi connectivity index (χ1v) is 9.93. The van der Waals surface area contributed by atoms with Gasteiger partial charge in [-0.15, -0.1) is 0 Å². The van der Waals surface area contributed by atoms with Crippen molar-refractivity contribution in [3.63, 3.8) is 0 Å². The van der Waals surface area contributed by atoms with Crippen molar-refractivity contribution >= 4 is 11.5 Å². The molecule has 0 bridgehead atoms. The molecule has 0 fully saturated rings. The molecule has 0 spiro atoms. The number of aromatic nitrogens is 3. The summed E-state index contributed by atoms with van der Waals surface area (Å²) >= 11 is 0. The summed E-state index contributed by atoms with van der Waals surface area (Å²) in [6.45, 7) is 7.43. The molecule has 5 heteroatoms. The molecule has 2 aromatic heterocycles. The zero-order valence-electron chi connectivity index (χ0n) is 17.1. The van der Waals surface area contributed by atoms with E-state index in [0.29, 0.717) is 13.2 Å². The zero-order valence-corrected chi connectivity index (χ0v) is 17.1. The second-order valence-electron chi connectivity index (χ2n) is 7.31. The van der Waals surface area contributed by atoms with E-state index in [4.69, 9.17) is 4.74 Å². The van der Waals surface area contributed by atoms with Crippen LogP contribution >= 0.6 is 0 Å². The Morgan fingerprint density at radius 1 is 0.966 bits per heavy atom. The highest BCUT2D eigenvalue weighted by Gasteiger charge is 2.09. The molecule has 0 aliphatic carbocycles. The number of hydrogen-bond acceptors (Lipinski definition) is 4. The topological polar surface area (TPSA) is 51.5 Å². The van der Waals surface area contributed by atoms with Crippen molar-refractivity contribution in [1.29, 1.82) is 0 Å². The number of nitrogens with zero attached hydrogens (tertiary/aromatic N) is 3. The fourth-order valence-electron chi connectivity index (χ4n) is 3.49. The van der Waals surface area contributed by atoms with E-state index in [1.165, 1.54) is 11.1 Å². The molecule has 0 aliphatic rings. The van der Waals surface area contributed by atoms with Crippen LogP contribution in [0.5, 0.6) is 5.75 Å². The molecule has 2 heterocycles. The van der Waals surface area contributed by atoms with E-state index in [9.17, 15) is 0 Å². The molecule has 0 aliphatic heterocycles. The summed E-state index contributed by atoms with van der Waals surface area (Å²) in [4.78, 5) is 4.55. The number of benzene rings is 2. The van der Waals surface area contributed by atoms with Crippen LogP contribution in [0.25, 0.3) is 5.65 Å². The molecular weight excluding hydrogens is 360 g/mol. The lowest BCUT2D eigenvalue weighted by molar-refractivity contribution is 0.330. The van der Waals surface area contributed by atoms with Crippen LogP contribution < -0.4 is 10.1 Å². The molecule has 0 saturated carbocycles. The highest BCUT2D eigenvalue weighted by Crippen LogP contribution is 2.22. The molecule has 2 aromatic carbocycles. The van der Waals surface area contributed by atoms with E-state index in [1.807, 2.05) is 23.6 Å². The van der Waals surface area contributed by atoms with Crippen LogP contribution in [-0.4, -0.2) is 27.7 Å². The van der Waals surface area contributed by atoms with E-state index in [1.54, 1.807) is 6.20 Å². The minimum absolute atomic E-state index is 0.572. The van der Waals surface area contributed by atoms with Gasteiger partial charge in [-0.2, -0.15) is 9.61 Å². The van der Waals surface area contributed by atoms with E-state index in [2.05, 4.69) is 71.7 Å². The highest BCUT2D eigenvalue weighted by molar-refractivity contribution is 5.54. The Labute approximate surface area is 171 Å². The van der Waals surface area contributed by atoms with E-state index in [0.717, 1.165) is 40.5 Å². The highest BCUT2D eigenvalue weighted by atomic mass is 16.5. The number of aryl methyl sites for hydroxylation is 2. The van der Waals surface area contributed by atoms with Crippen LogP contribution in [0.1, 0.15) is 27.9 Å². The third kappa shape index (κ3) is 4.24. The largest absolute Gasteiger partial charge is 0.491 e. The van der Waals surface area contributed by atoms with Gasteiger partial charge in [0.15, 0.2) is 5.65 Å². The van der Waals surface area contributed by atoms with Crippen molar-refractivity contribution in [3.05, 3.63) is 88.7 Å². The smallest absolute Gasteiger partial charge is 0.157 e. The number of ether oxygens (including phenoxy) is 1. The van der Waals surface area contributed by atoms with Gasteiger partial charge in [0.1, 0.15) is 18.2 Å². The summed E-state index contributed by atoms with van der Waals surface area (Å²) in [5.74, 6) is 1.89. The molecule has 148 valence electrons. The van der Waals surface area contributed by atoms with Crippen LogP contribution in [0.3, 0.4) is 0 Å². The number of hydrogen-bond donors (Lipinski definition) is 1. The van der Waals surface area contributed by atoms with Gasteiger partial charge in [-0.05, 0) is 49.9 Å². The molecule has 5 nitrogen and oxygen atoms in total. The van der Waals surface area contributed by atoms with Crippen molar-refractivity contribution in [1.82, 2.24) is 14.6 Å². The Kier molecular flexibility index (Phi) is 5.47. The Morgan fingerprint density at radius 2 is 1.79 bits per heavy atom. The van der Waals surface area contributed by atoms with E-state index >= 15 is 0 Å². The maximum Gasteiger partial charge on any atom is 0.157 e. The van der Waals surface area contributed by atoms with Crippen LogP contribution in [-0.2, 0) is 6.42 Å². The lowest BCUT2D eigenvalue weighted by atomic mass is 10.0. The van der Waals surface area contributed by atoms with Crippen molar-refractivity contribution in [2.24, 2.45) is 0 Å². The Bertz CT molecular complexity index is 1120. The Morgan fingerprint density at radius 3 is 2.59 bits per heavy atom. The monoisotopic (exact) mass is 386 g/mol. The molecule has 4 rings (SSSR count). The molecule has 0 saturated heterocycles. The van der Waals surface area contributed by atoms with Gasteiger partial charge in [-0.25, -0.2) is 4.98 Å². The molecular formula is C24H26N4O.